The highest BCUT2D eigenvalue weighted by molar-refractivity contribution is 5.71. The third-order valence-corrected chi connectivity index (χ3v) is 12.0. The van der Waals surface area contributed by atoms with Crippen molar-refractivity contribution in [3.05, 3.63) is 48.6 Å². The van der Waals surface area contributed by atoms with E-state index >= 15 is 0 Å². The quantitative estimate of drug-likeness (QED) is 0.0262. The van der Waals surface area contributed by atoms with Crippen molar-refractivity contribution in [3.8, 4) is 0 Å². The zero-order valence-electron chi connectivity index (χ0n) is 42.6. The Kier molecular flexibility index (Phi) is 50.8. The molecule has 0 aliphatic rings. The van der Waals surface area contributed by atoms with Crippen LogP contribution in [0.3, 0.4) is 0 Å². The predicted molar refractivity (Wildman–Crippen MR) is 275 cm³/mol. The monoisotopic (exact) mass is 897 g/mol. The van der Waals surface area contributed by atoms with E-state index in [0.717, 1.165) is 109 Å². The maximum Gasteiger partial charge on any atom is 0.306 e. The lowest BCUT2D eigenvalue weighted by atomic mass is 10.0. The van der Waals surface area contributed by atoms with E-state index in [1.54, 1.807) is 0 Å². The molecule has 0 saturated carbocycles. The second kappa shape index (κ2) is 53.0. The number of carbonyl (C=O) groups is 3. The molecule has 0 fully saturated rings. The Bertz CT molecular complexity index is 1120. The van der Waals surface area contributed by atoms with E-state index in [9.17, 15) is 14.4 Å². The van der Waals surface area contributed by atoms with Crippen molar-refractivity contribution >= 4 is 17.9 Å². The van der Waals surface area contributed by atoms with E-state index in [1.807, 2.05) is 0 Å². The highest BCUT2D eigenvalue weighted by atomic mass is 16.6. The fourth-order valence-corrected chi connectivity index (χ4v) is 7.85. The van der Waals surface area contributed by atoms with E-state index < -0.39 is 6.10 Å². The van der Waals surface area contributed by atoms with Crippen molar-refractivity contribution < 1.29 is 28.6 Å². The Hall–Kier alpha value is -2.63. The van der Waals surface area contributed by atoms with Crippen LogP contribution in [0.2, 0.25) is 0 Å². The summed E-state index contributed by atoms with van der Waals surface area (Å²) in [6.45, 7) is 6.54. The molecule has 64 heavy (non-hydrogen) atoms. The topological polar surface area (TPSA) is 78.9 Å². The van der Waals surface area contributed by atoms with Crippen LogP contribution < -0.4 is 0 Å². The minimum absolute atomic E-state index is 0.0809. The van der Waals surface area contributed by atoms with Crippen LogP contribution in [0, 0.1) is 0 Å². The summed E-state index contributed by atoms with van der Waals surface area (Å²) in [4.78, 5) is 38.0. The molecule has 1 atom stereocenters. The first-order chi connectivity index (χ1) is 31.5. The van der Waals surface area contributed by atoms with Gasteiger partial charge in [-0.05, 0) is 70.6 Å². The van der Waals surface area contributed by atoms with Gasteiger partial charge in [-0.2, -0.15) is 0 Å². The molecule has 0 aromatic rings. The number of hydrogen-bond acceptors (Lipinski definition) is 6. The van der Waals surface area contributed by atoms with Gasteiger partial charge in [0.25, 0.3) is 0 Å². The second-order valence-corrected chi connectivity index (χ2v) is 18.5. The van der Waals surface area contributed by atoms with Gasteiger partial charge in [0.05, 0.1) is 0 Å². The van der Waals surface area contributed by atoms with Gasteiger partial charge in [0, 0.05) is 19.3 Å². The minimum atomic E-state index is -0.783. The van der Waals surface area contributed by atoms with Gasteiger partial charge in [-0.15, -0.1) is 0 Å². The van der Waals surface area contributed by atoms with Crippen molar-refractivity contribution in [2.45, 2.75) is 290 Å². The Labute approximate surface area is 397 Å². The first-order valence-corrected chi connectivity index (χ1v) is 27.6. The van der Waals surface area contributed by atoms with Crippen molar-refractivity contribution in [2.75, 3.05) is 13.2 Å². The molecule has 0 N–H and O–H groups in total. The zero-order chi connectivity index (χ0) is 46.5. The molecule has 6 nitrogen and oxygen atoms in total. The number of allylic oxidation sites excluding steroid dienone is 8. The summed E-state index contributed by atoms with van der Waals surface area (Å²) in [5.41, 5.74) is 0. The van der Waals surface area contributed by atoms with Crippen LogP contribution >= 0.6 is 0 Å². The van der Waals surface area contributed by atoms with Gasteiger partial charge in [0.15, 0.2) is 6.10 Å². The van der Waals surface area contributed by atoms with Crippen LogP contribution in [0.25, 0.3) is 0 Å². The SMILES string of the molecule is CCC/C=C\C/C=C\CCCCCCCC(=O)OCC(COC(=O)CCCCCCCCCCCCCCCCCCCCC)OC(=O)CCCCCCC/C=C\C/C=C\CCCC. The predicted octanol–water partition coefficient (Wildman–Crippen LogP) is 18.3. The molecule has 0 heterocycles. The largest absolute Gasteiger partial charge is 0.462 e. The second-order valence-electron chi connectivity index (χ2n) is 18.5. The molecule has 0 bridgehead atoms. The standard InChI is InChI=1S/C58H104O6/c1-4-7-10-13-16-19-22-25-27-28-29-30-31-34-36-39-42-45-48-51-57(60)63-54-55(53-62-56(59)50-47-44-41-38-35-32-24-21-18-15-12-9-6-3)64-58(61)52-49-46-43-40-37-33-26-23-20-17-14-11-8-5-2/h12,14-15,17,21,23-24,26,55H,4-11,13,16,18-20,22,25,27-54H2,1-3H3/b15-12-,17-14-,24-21-,26-23-. The Balaban J connectivity index is 4.34. The lowest BCUT2D eigenvalue weighted by Gasteiger charge is -2.18. The van der Waals surface area contributed by atoms with Crippen LogP contribution in [0.5, 0.6) is 0 Å². The van der Waals surface area contributed by atoms with E-state index in [4.69, 9.17) is 14.2 Å². The lowest BCUT2D eigenvalue weighted by molar-refractivity contribution is -0.167. The Morgan fingerprint density at radius 1 is 0.312 bits per heavy atom. The molecule has 0 rings (SSSR count). The van der Waals surface area contributed by atoms with Crippen LogP contribution in [0.1, 0.15) is 284 Å². The normalized spacial score (nSPS) is 12.4. The number of unbranched alkanes of at least 4 members (excludes halogenated alkanes) is 31. The van der Waals surface area contributed by atoms with Crippen molar-refractivity contribution in [2.24, 2.45) is 0 Å². The number of carbonyl (C=O) groups excluding carboxylic acids is 3. The van der Waals surface area contributed by atoms with Crippen molar-refractivity contribution in [1.29, 1.82) is 0 Å². The summed E-state index contributed by atoms with van der Waals surface area (Å²) >= 11 is 0. The molecule has 0 aliphatic heterocycles. The zero-order valence-corrected chi connectivity index (χ0v) is 42.6. The molecule has 0 radical (unpaired) electrons. The number of esters is 3. The van der Waals surface area contributed by atoms with Crippen LogP contribution in [-0.2, 0) is 28.6 Å². The summed E-state index contributed by atoms with van der Waals surface area (Å²) in [6.07, 6.45) is 63.8. The molecule has 0 aromatic heterocycles. The third kappa shape index (κ3) is 50.4. The summed E-state index contributed by atoms with van der Waals surface area (Å²) in [5, 5.41) is 0. The smallest absolute Gasteiger partial charge is 0.306 e. The highest BCUT2D eigenvalue weighted by Gasteiger charge is 2.19. The van der Waals surface area contributed by atoms with Crippen LogP contribution in [0.15, 0.2) is 48.6 Å². The molecule has 0 amide bonds. The number of ether oxygens (including phenoxy) is 3. The molecule has 0 aliphatic carbocycles. The molecule has 372 valence electrons. The molecular formula is C58H104O6. The first-order valence-electron chi connectivity index (χ1n) is 27.6. The fourth-order valence-electron chi connectivity index (χ4n) is 7.85. The fraction of sp³-hybridized carbons (Fsp3) is 0.810. The molecule has 0 aromatic carbocycles. The van der Waals surface area contributed by atoms with Gasteiger partial charge in [0.2, 0.25) is 0 Å². The van der Waals surface area contributed by atoms with E-state index in [0.29, 0.717) is 19.3 Å². The molecule has 0 spiro atoms. The van der Waals surface area contributed by atoms with Gasteiger partial charge < -0.3 is 14.2 Å². The minimum Gasteiger partial charge on any atom is -0.462 e. The average molecular weight is 897 g/mol. The van der Waals surface area contributed by atoms with Crippen molar-refractivity contribution in [1.82, 2.24) is 0 Å². The van der Waals surface area contributed by atoms with Gasteiger partial charge >= 0.3 is 17.9 Å². The third-order valence-electron chi connectivity index (χ3n) is 12.0. The number of hydrogen-bond donors (Lipinski definition) is 0. The Morgan fingerprint density at radius 2 is 0.609 bits per heavy atom. The van der Waals surface area contributed by atoms with E-state index in [1.165, 1.54) is 135 Å². The highest BCUT2D eigenvalue weighted by Crippen LogP contribution is 2.16. The number of rotatable bonds is 50. The van der Waals surface area contributed by atoms with Gasteiger partial charge in [0.1, 0.15) is 13.2 Å². The van der Waals surface area contributed by atoms with E-state index in [2.05, 4.69) is 69.4 Å². The van der Waals surface area contributed by atoms with Crippen LogP contribution in [-0.4, -0.2) is 37.2 Å². The Morgan fingerprint density at radius 3 is 0.969 bits per heavy atom. The summed E-state index contributed by atoms with van der Waals surface area (Å²) in [7, 11) is 0. The molecule has 1 unspecified atom stereocenters. The van der Waals surface area contributed by atoms with Gasteiger partial charge in [-0.25, -0.2) is 0 Å². The molecule has 6 heteroatoms. The lowest BCUT2D eigenvalue weighted by Crippen LogP contribution is -2.30. The summed E-state index contributed by atoms with van der Waals surface area (Å²) in [6, 6.07) is 0. The van der Waals surface area contributed by atoms with Crippen LogP contribution in [0.4, 0.5) is 0 Å². The summed E-state index contributed by atoms with van der Waals surface area (Å²) in [5.74, 6) is -0.899. The van der Waals surface area contributed by atoms with Gasteiger partial charge in [-0.3, -0.25) is 14.4 Å². The van der Waals surface area contributed by atoms with E-state index in [-0.39, 0.29) is 31.1 Å². The average Bonchev–Trinajstić information content (AvgIpc) is 3.29. The van der Waals surface area contributed by atoms with Crippen molar-refractivity contribution in [3.63, 3.8) is 0 Å². The first kappa shape index (κ1) is 61.4. The van der Waals surface area contributed by atoms with Gasteiger partial charge in [-0.1, -0.05) is 243 Å². The molecule has 0 saturated heterocycles. The maximum absolute atomic E-state index is 12.8. The molecular weight excluding hydrogens is 793 g/mol. The summed E-state index contributed by atoms with van der Waals surface area (Å²) < 4.78 is 16.8. The maximum atomic E-state index is 12.8.